The van der Waals surface area contributed by atoms with Gasteiger partial charge in [-0.2, -0.15) is 0 Å². The number of rotatable bonds is 4. The molecule has 0 unspecified atom stereocenters. The van der Waals surface area contributed by atoms with Crippen molar-refractivity contribution in [1.82, 2.24) is 0 Å². The molecule has 1 aliphatic carbocycles. The van der Waals surface area contributed by atoms with E-state index in [2.05, 4.69) is 49.0 Å². The number of ether oxygens (including phenoxy) is 1. The SMILES string of the molecule is C=C(Cc1ccc2c(c1)Cc1ccccc1-2)C(=O)OCC. The summed E-state index contributed by atoms with van der Waals surface area (Å²) in [6.07, 6.45) is 1.51. The molecule has 2 aromatic rings. The lowest BCUT2D eigenvalue weighted by Crippen LogP contribution is -2.08. The molecule has 0 fully saturated rings. The first-order valence-electron chi connectivity index (χ1n) is 7.24. The van der Waals surface area contributed by atoms with Crippen molar-refractivity contribution in [3.05, 3.63) is 71.3 Å². The van der Waals surface area contributed by atoms with E-state index in [1.807, 2.05) is 0 Å². The van der Waals surface area contributed by atoms with E-state index in [-0.39, 0.29) is 5.97 Å². The topological polar surface area (TPSA) is 26.3 Å². The highest BCUT2D eigenvalue weighted by molar-refractivity contribution is 5.88. The van der Waals surface area contributed by atoms with Crippen LogP contribution in [0.3, 0.4) is 0 Å². The molecule has 0 saturated heterocycles. The maximum Gasteiger partial charge on any atom is 0.333 e. The second-order valence-electron chi connectivity index (χ2n) is 5.33. The molecule has 0 saturated carbocycles. The van der Waals surface area contributed by atoms with Crippen LogP contribution < -0.4 is 0 Å². The van der Waals surface area contributed by atoms with Crippen LogP contribution in [0.2, 0.25) is 0 Å². The number of benzene rings is 2. The first kappa shape index (κ1) is 13.6. The molecule has 0 bridgehead atoms. The van der Waals surface area contributed by atoms with Gasteiger partial charge < -0.3 is 4.74 Å². The normalized spacial score (nSPS) is 11.7. The van der Waals surface area contributed by atoms with Crippen LogP contribution in [-0.4, -0.2) is 12.6 Å². The van der Waals surface area contributed by atoms with E-state index < -0.39 is 0 Å². The van der Waals surface area contributed by atoms with Crippen LogP contribution in [0.15, 0.2) is 54.6 Å². The van der Waals surface area contributed by atoms with E-state index in [1.54, 1.807) is 6.92 Å². The van der Waals surface area contributed by atoms with Crippen molar-refractivity contribution in [2.75, 3.05) is 6.61 Å². The number of hydrogen-bond donors (Lipinski definition) is 0. The molecule has 2 heteroatoms. The van der Waals surface area contributed by atoms with Gasteiger partial charge >= 0.3 is 5.97 Å². The number of carbonyl (C=O) groups excluding carboxylic acids is 1. The van der Waals surface area contributed by atoms with Crippen molar-refractivity contribution < 1.29 is 9.53 Å². The Morgan fingerprint density at radius 2 is 1.90 bits per heavy atom. The summed E-state index contributed by atoms with van der Waals surface area (Å²) in [5.41, 5.74) is 6.94. The number of hydrogen-bond acceptors (Lipinski definition) is 2. The Hall–Kier alpha value is -2.35. The molecule has 0 heterocycles. The van der Waals surface area contributed by atoms with Crippen LogP contribution in [0.1, 0.15) is 23.6 Å². The monoisotopic (exact) mass is 278 g/mol. The van der Waals surface area contributed by atoms with Crippen molar-refractivity contribution in [3.63, 3.8) is 0 Å². The lowest BCUT2D eigenvalue weighted by atomic mass is 10.00. The smallest absolute Gasteiger partial charge is 0.333 e. The van der Waals surface area contributed by atoms with Crippen LogP contribution >= 0.6 is 0 Å². The fourth-order valence-electron chi connectivity index (χ4n) is 2.86. The lowest BCUT2D eigenvalue weighted by molar-refractivity contribution is -0.138. The van der Waals surface area contributed by atoms with E-state index in [9.17, 15) is 4.79 Å². The van der Waals surface area contributed by atoms with E-state index in [0.29, 0.717) is 18.6 Å². The fraction of sp³-hybridized carbons (Fsp3) is 0.211. The Bertz CT molecular complexity index is 713. The summed E-state index contributed by atoms with van der Waals surface area (Å²) in [5, 5.41) is 0. The van der Waals surface area contributed by atoms with Gasteiger partial charge in [-0.25, -0.2) is 4.79 Å². The summed E-state index contributed by atoms with van der Waals surface area (Å²) < 4.78 is 4.98. The Labute approximate surface area is 125 Å². The van der Waals surface area contributed by atoms with Gasteiger partial charge in [-0.05, 0) is 41.2 Å². The highest BCUT2D eigenvalue weighted by Crippen LogP contribution is 2.36. The molecule has 106 valence electrons. The summed E-state index contributed by atoms with van der Waals surface area (Å²) in [5.74, 6) is -0.304. The molecule has 0 amide bonds. The van der Waals surface area contributed by atoms with Gasteiger partial charge in [0.25, 0.3) is 0 Å². The Morgan fingerprint density at radius 3 is 2.71 bits per heavy atom. The standard InChI is InChI=1S/C19H18O2/c1-3-21-19(20)13(2)10-14-8-9-18-16(11-14)12-15-6-4-5-7-17(15)18/h4-9,11H,2-3,10,12H2,1H3. The van der Waals surface area contributed by atoms with Gasteiger partial charge in [0, 0.05) is 12.0 Å². The molecule has 2 aromatic carbocycles. The highest BCUT2D eigenvalue weighted by atomic mass is 16.5. The molecule has 21 heavy (non-hydrogen) atoms. The minimum Gasteiger partial charge on any atom is -0.463 e. The van der Waals surface area contributed by atoms with Gasteiger partial charge in [0.2, 0.25) is 0 Å². The maximum absolute atomic E-state index is 11.6. The van der Waals surface area contributed by atoms with Crippen LogP contribution in [0, 0.1) is 0 Å². The lowest BCUT2D eigenvalue weighted by Gasteiger charge is -2.07. The first-order valence-corrected chi connectivity index (χ1v) is 7.24. The zero-order valence-corrected chi connectivity index (χ0v) is 12.2. The molecule has 0 aromatic heterocycles. The number of fused-ring (bicyclic) bond motifs is 3. The van der Waals surface area contributed by atoms with E-state index >= 15 is 0 Å². The van der Waals surface area contributed by atoms with Crippen LogP contribution in [0.4, 0.5) is 0 Å². The summed E-state index contributed by atoms with van der Waals surface area (Å²) >= 11 is 0. The minimum absolute atomic E-state index is 0.304. The third kappa shape index (κ3) is 2.62. The van der Waals surface area contributed by atoms with Gasteiger partial charge in [0.05, 0.1) is 6.61 Å². The molecular weight excluding hydrogens is 260 g/mol. The van der Waals surface area contributed by atoms with Gasteiger partial charge in [-0.3, -0.25) is 0 Å². The van der Waals surface area contributed by atoms with Crippen molar-refractivity contribution in [2.24, 2.45) is 0 Å². The molecule has 0 N–H and O–H groups in total. The van der Waals surface area contributed by atoms with E-state index in [0.717, 1.165) is 12.0 Å². The molecule has 3 rings (SSSR count). The highest BCUT2D eigenvalue weighted by Gasteiger charge is 2.18. The molecule has 0 atom stereocenters. The van der Waals surface area contributed by atoms with Crippen molar-refractivity contribution in [3.8, 4) is 11.1 Å². The molecule has 2 nitrogen and oxygen atoms in total. The third-order valence-electron chi connectivity index (χ3n) is 3.84. The third-order valence-corrected chi connectivity index (χ3v) is 3.84. The van der Waals surface area contributed by atoms with Crippen LogP contribution in [-0.2, 0) is 22.4 Å². The van der Waals surface area contributed by atoms with Crippen LogP contribution in [0.25, 0.3) is 11.1 Å². The first-order chi connectivity index (χ1) is 10.2. The maximum atomic E-state index is 11.6. The van der Waals surface area contributed by atoms with E-state index in [4.69, 9.17) is 4.74 Å². The number of carbonyl (C=O) groups is 1. The van der Waals surface area contributed by atoms with Crippen molar-refractivity contribution in [1.29, 1.82) is 0 Å². The van der Waals surface area contributed by atoms with Crippen molar-refractivity contribution >= 4 is 5.97 Å². The quantitative estimate of drug-likeness (QED) is 0.534. The van der Waals surface area contributed by atoms with Gasteiger partial charge in [-0.15, -0.1) is 0 Å². The molecule has 1 aliphatic rings. The summed E-state index contributed by atoms with van der Waals surface area (Å²) in [6, 6.07) is 14.9. The molecule has 0 spiro atoms. The van der Waals surface area contributed by atoms with Gasteiger partial charge in [0.15, 0.2) is 0 Å². The zero-order valence-electron chi connectivity index (χ0n) is 12.2. The minimum atomic E-state index is -0.304. The Morgan fingerprint density at radius 1 is 1.14 bits per heavy atom. The molecule has 0 radical (unpaired) electrons. The Balaban J connectivity index is 1.81. The largest absolute Gasteiger partial charge is 0.463 e. The average Bonchev–Trinajstić information content (AvgIpc) is 2.85. The molecule has 0 aliphatic heterocycles. The predicted octanol–water partition coefficient (Wildman–Crippen LogP) is 3.92. The second kappa shape index (κ2) is 5.57. The Kier molecular flexibility index (Phi) is 3.61. The van der Waals surface area contributed by atoms with Crippen molar-refractivity contribution in [2.45, 2.75) is 19.8 Å². The van der Waals surface area contributed by atoms with Gasteiger partial charge in [0.1, 0.15) is 0 Å². The predicted molar refractivity (Wildman–Crippen MR) is 84.2 cm³/mol. The fourth-order valence-corrected chi connectivity index (χ4v) is 2.86. The summed E-state index contributed by atoms with van der Waals surface area (Å²) in [7, 11) is 0. The summed E-state index contributed by atoms with van der Waals surface area (Å²) in [6.45, 7) is 6.02. The molecular formula is C19H18O2. The summed E-state index contributed by atoms with van der Waals surface area (Å²) in [4.78, 5) is 11.6. The number of esters is 1. The average molecular weight is 278 g/mol. The second-order valence-corrected chi connectivity index (χ2v) is 5.33. The van der Waals surface area contributed by atoms with Crippen LogP contribution in [0.5, 0.6) is 0 Å². The zero-order chi connectivity index (χ0) is 14.8. The van der Waals surface area contributed by atoms with E-state index in [1.165, 1.54) is 22.3 Å². The van der Waals surface area contributed by atoms with Gasteiger partial charge in [-0.1, -0.05) is 49.0 Å².